The van der Waals surface area contributed by atoms with Crippen LogP contribution in [-0.4, -0.2) is 21.0 Å². The third-order valence-electron chi connectivity index (χ3n) is 3.26. The smallest absolute Gasteiger partial charge is 0.360 e. The molecule has 0 atom stereocenters. The summed E-state index contributed by atoms with van der Waals surface area (Å²) in [5.41, 5.74) is -1.27. The molecule has 10 heteroatoms. The molecule has 134 valence electrons. The molecule has 1 amide bonds. The van der Waals surface area contributed by atoms with Gasteiger partial charge in [0, 0.05) is 18.5 Å². The van der Waals surface area contributed by atoms with E-state index >= 15 is 0 Å². The maximum Gasteiger partial charge on any atom is 0.418 e. The van der Waals surface area contributed by atoms with E-state index in [-0.39, 0.29) is 17.2 Å². The van der Waals surface area contributed by atoms with Crippen LogP contribution in [0.1, 0.15) is 21.7 Å². The predicted molar refractivity (Wildman–Crippen MR) is 86.0 cm³/mol. The van der Waals surface area contributed by atoms with Crippen LogP contribution < -0.4 is 10.6 Å². The highest BCUT2D eigenvalue weighted by molar-refractivity contribution is 6.04. The van der Waals surface area contributed by atoms with Gasteiger partial charge < -0.3 is 15.2 Å². The quantitative estimate of drug-likeness (QED) is 0.733. The molecule has 2 aromatic heterocycles. The second kappa shape index (κ2) is 6.82. The fourth-order valence-electron chi connectivity index (χ4n) is 2.08. The summed E-state index contributed by atoms with van der Waals surface area (Å²) in [4.78, 5) is 20.0. The number of halogens is 3. The number of rotatable bonds is 4. The van der Waals surface area contributed by atoms with Crippen LogP contribution in [0, 0.1) is 6.92 Å². The molecule has 3 rings (SSSR count). The Labute approximate surface area is 145 Å². The fourth-order valence-corrected chi connectivity index (χ4v) is 2.08. The van der Waals surface area contributed by atoms with Crippen molar-refractivity contribution in [2.45, 2.75) is 13.1 Å². The maximum atomic E-state index is 13.0. The van der Waals surface area contributed by atoms with Gasteiger partial charge >= 0.3 is 6.18 Å². The van der Waals surface area contributed by atoms with Crippen LogP contribution in [0.4, 0.5) is 30.6 Å². The van der Waals surface area contributed by atoms with Gasteiger partial charge in [-0.15, -0.1) is 0 Å². The number of alkyl halides is 3. The summed E-state index contributed by atoms with van der Waals surface area (Å²) in [5, 5.41) is 8.69. The lowest BCUT2D eigenvalue weighted by molar-refractivity contribution is -0.136. The van der Waals surface area contributed by atoms with E-state index in [1.807, 2.05) is 0 Å². The van der Waals surface area contributed by atoms with Gasteiger partial charge in [0.15, 0.2) is 5.82 Å². The molecule has 0 aliphatic carbocycles. The summed E-state index contributed by atoms with van der Waals surface area (Å²) >= 11 is 0. The van der Waals surface area contributed by atoms with Crippen molar-refractivity contribution in [3.63, 3.8) is 0 Å². The van der Waals surface area contributed by atoms with Crippen LogP contribution in [0.5, 0.6) is 0 Å². The summed E-state index contributed by atoms with van der Waals surface area (Å²) in [6.07, 6.45) is -2.20. The Morgan fingerprint density at radius 1 is 1.15 bits per heavy atom. The molecule has 0 unspecified atom stereocenters. The van der Waals surface area contributed by atoms with E-state index in [1.54, 1.807) is 13.0 Å². The van der Waals surface area contributed by atoms with E-state index in [2.05, 4.69) is 25.8 Å². The molecule has 2 N–H and O–H groups in total. The predicted octanol–water partition coefficient (Wildman–Crippen LogP) is 3.79. The van der Waals surface area contributed by atoms with Gasteiger partial charge in [0.25, 0.3) is 5.91 Å². The third kappa shape index (κ3) is 3.97. The Balaban J connectivity index is 1.73. The minimum atomic E-state index is -4.58. The Kier molecular flexibility index (Phi) is 4.57. The molecule has 0 saturated heterocycles. The minimum Gasteiger partial charge on any atom is -0.360 e. The Bertz CT molecular complexity index is 922. The molecule has 0 radical (unpaired) electrons. The number of nitrogens with zero attached hydrogens (tertiary/aromatic N) is 3. The average molecular weight is 363 g/mol. The highest BCUT2D eigenvalue weighted by atomic mass is 19.4. The van der Waals surface area contributed by atoms with Gasteiger partial charge in [-0.3, -0.25) is 4.79 Å². The van der Waals surface area contributed by atoms with Crippen LogP contribution in [0.15, 0.2) is 47.2 Å². The molecule has 0 aliphatic rings. The van der Waals surface area contributed by atoms with Gasteiger partial charge in [-0.2, -0.15) is 13.2 Å². The molecule has 3 aromatic rings. The zero-order valence-corrected chi connectivity index (χ0v) is 13.3. The van der Waals surface area contributed by atoms with Crippen molar-refractivity contribution in [2.75, 3.05) is 10.6 Å². The van der Waals surface area contributed by atoms with Gasteiger partial charge in [0.05, 0.1) is 16.8 Å². The molecule has 1 aromatic carbocycles. The number of amides is 1. The highest BCUT2D eigenvalue weighted by Gasteiger charge is 2.33. The highest BCUT2D eigenvalue weighted by Crippen LogP contribution is 2.34. The topological polar surface area (TPSA) is 92.9 Å². The molecule has 0 saturated carbocycles. The minimum absolute atomic E-state index is 0.00357. The first-order valence-corrected chi connectivity index (χ1v) is 7.33. The van der Waals surface area contributed by atoms with Gasteiger partial charge in [-0.1, -0.05) is 17.3 Å². The molecule has 2 heterocycles. The Morgan fingerprint density at radius 2 is 1.85 bits per heavy atom. The number of para-hydroxylation sites is 1. The largest absolute Gasteiger partial charge is 0.418 e. The number of anilines is 3. The molecular formula is C16H12F3N5O2. The van der Waals surface area contributed by atoms with E-state index < -0.39 is 17.6 Å². The zero-order valence-electron chi connectivity index (χ0n) is 13.3. The lowest BCUT2D eigenvalue weighted by Gasteiger charge is -2.13. The van der Waals surface area contributed by atoms with Gasteiger partial charge in [0.1, 0.15) is 5.76 Å². The number of hydrogen-bond donors (Lipinski definition) is 2. The Morgan fingerprint density at radius 3 is 2.46 bits per heavy atom. The van der Waals surface area contributed by atoms with E-state index in [0.717, 1.165) is 6.07 Å². The number of carbonyl (C=O) groups excluding carboxylic acids is 1. The summed E-state index contributed by atoms with van der Waals surface area (Å²) < 4.78 is 43.8. The summed E-state index contributed by atoms with van der Waals surface area (Å²) in [7, 11) is 0. The monoisotopic (exact) mass is 363 g/mol. The van der Waals surface area contributed by atoms with Crippen molar-refractivity contribution < 1.29 is 22.5 Å². The number of carbonyl (C=O) groups is 1. The number of nitrogens with one attached hydrogen (secondary N) is 2. The molecular weight excluding hydrogens is 351 g/mol. The number of benzene rings is 1. The van der Waals surface area contributed by atoms with Crippen LogP contribution in [0.25, 0.3) is 0 Å². The van der Waals surface area contributed by atoms with Crippen molar-refractivity contribution in [3.05, 3.63) is 59.6 Å². The molecule has 0 spiro atoms. The van der Waals surface area contributed by atoms with Gasteiger partial charge in [-0.05, 0) is 19.1 Å². The lowest BCUT2D eigenvalue weighted by atomic mass is 10.1. The van der Waals surface area contributed by atoms with Crippen molar-refractivity contribution in [1.82, 2.24) is 15.1 Å². The van der Waals surface area contributed by atoms with E-state index in [9.17, 15) is 18.0 Å². The maximum absolute atomic E-state index is 13.0. The summed E-state index contributed by atoms with van der Waals surface area (Å²) in [6.45, 7) is 1.71. The number of aryl methyl sites for hydroxylation is 1. The van der Waals surface area contributed by atoms with Crippen LogP contribution >= 0.6 is 0 Å². The SMILES string of the molecule is Cc1cc(Nc2ncc(C(=O)Nc3ccccc3C(F)(F)F)cn2)no1. The second-order valence-electron chi connectivity index (χ2n) is 5.24. The van der Waals surface area contributed by atoms with Crippen molar-refractivity contribution in [2.24, 2.45) is 0 Å². The van der Waals surface area contributed by atoms with E-state index in [4.69, 9.17) is 4.52 Å². The molecule has 0 aliphatic heterocycles. The van der Waals surface area contributed by atoms with Crippen molar-refractivity contribution in [3.8, 4) is 0 Å². The normalized spacial score (nSPS) is 11.2. The Hall–Kier alpha value is -3.43. The molecule has 0 fully saturated rings. The van der Waals surface area contributed by atoms with E-state index in [1.165, 1.54) is 30.6 Å². The molecule has 0 bridgehead atoms. The first-order chi connectivity index (χ1) is 12.3. The average Bonchev–Trinajstić information content (AvgIpc) is 3.00. The molecule has 7 nitrogen and oxygen atoms in total. The summed E-state index contributed by atoms with van der Waals surface area (Å²) in [5.74, 6) is 0.377. The summed E-state index contributed by atoms with van der Waals surface area (Å²) in [6, 6.07) is 6.32. The fraction of sp³-hybridized carbons (Fsp3) is 0.125. The van der Waals surface area contributed by atoms with Crippen LogP contribution in [0.2, 0.25) is 0 Å². The van der Waals surface area contributed by atoms with Crippen LogP contribution in [0.3, 0.4) is 0 Å². The van der Waals surface area contributed by atoms with E-state index in [0.29, 0.717) is 11.6 Å². The van der Waals surface area contributed by atoms with Crippen molar-refractivity contribution >= 4 is 23.4 Å². The van der Waals surface area contributed by atoms with Crippen molar-refractivity contribution in [1.29, 1.82) is 0 Å². The van der Waals surface area contributed by atoms with Gasteiger partial charge in [-0.25, -0.2) is 9.97 Å². The number of hydrogen-bond acceptors (Lipinski definition) is 6. The molecule has 26 heavy (non-hydrogen) atoms. The first kappa shape index (κ1) is 17.4. The lowest BCUT2D eigenvalue weighted by Crippen LogP contribution is -2.17. The first-order valence-electron chi connectivity index (χ1n) is 7.33. The standard InChI is InChI=1S/C16H12F3N5O2/c1-9-6-13(24-26-9)23-15-20-7-10(8-21-15)14(25)22-12-5-3-2-4-11(12)16(17,18)19/h2-8H,1H3,(H,22,25)(H,20,21,23,24). The third-order valence-corrected chi connectivity index (χ3v) is 3.26. The zero-order chi connectivity index (χ0) is 18.7. The van der Waals surface area contributed by atoms with Crippen LogP contribution in [-0.2, 0) is 6.18 Å². The van der Waals surface area contributed by atoms with Gasteiger partial charge in [0.2, 0.25) is 5.95 Å². The number of aromatic nitrogens is 3. The second-order valence-corrected chi connectivity index (χ2v) is 5.24.